The summed E-state index contributed by atoms with van der Waals surface area (Å²) in [4.78, 5) is 13.2. The fourth-order valence-electron chi connectivity index (χ4n) is 3.41. The largest absolute Gasteiger partial charge is 0.488 e. The van der Waals surface area contributed by atoms with Crippen LogP contribution >= 0.6 is 0 Å². The third-order valence-electron chi connectivity index (χ3n) is 5.09. The molecule has 1 aromatic heterocycles. The number of sulfonamides is 1. The van der Waals surface area contributed by atoms with Crippen molar-refractivity contribution in [3.63, 3.8) is 0 Å². The number of ether oxygens (including phenoxy) is 1. The van der Waals surface area contributed by atoms with E-state index in [1.54, 1.807) is 30.3 Å². The lowest BCUT2D eigenvalue weighted by Crippen LogP contribution is -2.14. The predicted octanol–water partition coefficient (Wildman–Crippen LogP) is 4.65. The third-order valence-corrected chi connectivity index (χ3v) is 5.70. The number of benzene rings is 3. The Morgan fingerprint density at radius 2 is 1.64 bits per heavy atom. The normalized spacial score (nSPS) is 11.4. The average Bonchev–Trinajstić information content (AvgIpc) is 3.09. The van der Waals surface area contributed by atoms with Crippen LogP contribution in [-0.4, -0.2) is 25.7 Å². The molecule has 0 bridgehead atoms. The summed E-state index contributed by atoms with van der Waals surface area (Å²) in [6.45, 7) is 3.87. The van der Waals surface area contributed by atoms with Crippen molar-refractivity contribution in [3.05, 3.63) is 83.2 Å². The summed E-state index contributed by atoms with van der Waals surface area (Å²) in [5, 5.41) is 8.63. The Kier molecular flexibility index (Phi) is 6.06. The molecule has 3 aromatic carbocycles. The molecular formula is C24H23N3O5S. The molecule has 8 nitrogen and oxygen atoms in total. The molecule has 0 saturated heterocycles. The van der Waals surface area contributed by atoms with Crippen molar-refractivity contribution < 1.29 is 22.5 Å². The number of hydrogen-bond acceptors (Lipinski definition) is 6. The third kappa shape index (κ3) is 5.32. The minimum absolute atomic E-state index is 0.214. The van der Waals surface area contributed by atoms with Crippen LogP contribution in [0.3, 0.4) is 0 Å². The van der Waals surface area contributed by atoms with Crippen molar-refractivity contribution in [1.82, 2.24) is 5.16 Å². The van der Waals surface area contributed by atoms with Crippen LogP contribution in [0.1, 0.15) is 27.4 Å². The Balaban J connectivity index is 1.61. The molecule has 33 heavy (non-hydrogen) atoms. The van der Waals surface area contributed by atoms with Crippen LogP contribution in [-0.2, 0) is 16.6 Å². The smallest absolute Gasteiger partial charge is 0.259 e. The second kappa shape index (κ2) is 8.95. The number of carbonyl (C=O) groups is 1. The monoisotopic (exact) mass is 465 g/mol. The van der Waals surface area contributed by atoms with Crippen LogP contribution in [0.5, 0.6) is 5.75 Å². The molecule has 0 radical (unpaired) electrons. The van der Waals surface area contributed by atoms with E-state index in [1.165, 1.54) is 0 Å². The number of aryl methyl sites for hydroxylation is 2. The number of carbonyl (C=O) groups excluding carboxylic acids is 1. The van der Waals surface area contributed by atoms with Crippen LogP contribution < -0.4 is 14.8 Å². The zero-order chi connectivity index (χ0) is 23.6. The first kappa shape index (κ1) is 22.3. The van der Waals surface area contributed by atoms with Gasteiger partial charge in [0.1, 0.15) is 18.1 Å². The van der Waals surface area contributed by atoms with Gasteiger partial charge >= 0.3 is 0 Å². The number of rotatable bonds is 7. The van der Waals surface area contributed by atoms with Gasteiger partial charge in [0, 0.05) is 11.4 Å². The van der Waals surface area contributed by atoms with Crippen LogP contribution in [0.25, 0.3) is 10.8 Å². The molecule has 1 heterocycles. The lowest BCUT2D eigenvalue weighted by Gasteiger charge is -2.14. The maximum Gasteiger partial charge on any atom is 0.259 e. The van der Waals surface area contributed by atoms with E-state index in [-0.39, 0.29) is 12.5 Å². The summed E-state index contributed by atoms with van der Waals surface area (Å²) in [5.41, 5.74) is 2.87. The first-order chi connectivity index (χ1) is 15.7. The van der Waals surface area contributed by atoms with Crippen LogP contribution in [0.2, 0.25) is 0 Å². The van der Waals surface area contributed by atoms with Gasteiger partial charge in [0.2, 0.25) is 10.0 Å². The molecule has 0 unspecified atom stereocenters. The van der Waals surface area contributed by atoms with Crippen molar-refractivity contribution in [2.24, 2.45) is 0 Å². The van der Waals surface area contributed by atoms with Gasteiger partial charge in [0.05, 0.1) is 23.1 Å². The lowest BCUT2D eigenvalue weighted by molar-refractivity contribution is 0.102. The van der Waals surface area contributed by atoms with Crippen LogP contribution in [0.15, 0.2) is 65.2 Å². The van der Waals surface area contributed by atoms with E-state index < -0.39 is 10.0 Å². The molecule has 0 spiro atoms. The number of anilines is 2. The molecular weight excluding hydrogens is 442 g/mol. The highest BCUT2D eigenvalue weighted by molar-refractivity contribution is 7.92. The summed E-state index contributed by atoms with van der Waals surface area (Å²) in [5.74, 6) is 0.752. The Morgan fingerprint density at radius 1 is 1.00 bits per heavy atom. The molecule has 4 aromatic rings. The second-order valence-corrected chi connectivity index (χ2v) is 9.44. The maximum atomic E-state index is 13.2. The Hall–Kier alpha value is -3.85. The van der Waals surface area contributed by atoms with Gasteiger partial charge in [-0.25, -0.2) is 8.42 Å². The molecule has 9 heteroatoms. The molecule has 4 rings (SSSR count). The van der Waals surface area contributed by atoms with Crippen LogP contribution in [0, 0.1) is 13.8 Å². The second-order valence-electron chi connectivity index (χ2n) is 7.69. The van der Waals surface area contributed by atoms with Crippen LogP contribution in [0.4, 0.5) is 11.4 Å². The van der Waals surface area contributed by atoms with Gasteiger partial charge in [-0.2, -0.15) is 0 Å². The van der Waals surface area contributed by atoms with Crippen molar-refractivity contribution in [2.75, 3.05) is 16.3 Å². The van der Waals surface area contributed by atoms with E-state index in [4.69, 9.17) is 9.26 Å². The summed E-state index contributed by atoms with van der Waals surface area (Å²) >= 11 is 0. The quantitative estimate of drug-likeness (QED) is 0.411. The fourth-order valence-corrected chi connectivity index (χ4v) is 3.97. The zero-order valence-electron chi connectivity index (χ0n) is 18.4. The molecule has 0 atom stereocenters. The topological polar surface area (TPSA) is 111 Å². The zero-order valence-corrected chi connectivity index (χ0v) is 19.2. The van der Waals surface area contributed by atoms with Gasteiger partial charge < -0.3 is 14.6 Å². The molecule has 0 aliphatic heterocycles. The Bertz CT molecular complexity index is 1410. The standard InChI is InChI=1S/C24H23N3O5S/c1-15-22(16(2)32-26-15)14-31-23-13-18-7-5-4-6-17(18)12-21(23)24(28)25-19-8-10-20(11-9-19)27-33(3,29)30/h4-13,27H,14H2,1-3H3,(H,25,28). The number of fused-ring (bicyclic) bond motifs is 1. The lowest BCUT2D eigenvalue weighted by atomic mass is 10.0. The summed E-state index contributed by atoms with van der Waals surface area (Å²) in [6, 6.07) is 17.7. The van der Waals surface area contributed by atoms with Gasteiger partial charge in [0.25, 0.3) is 5.91 Å². The van der Waals surface area contributed by atoms with Gasteiger partial charge in [-0.05, 0) is 61.0 Å². The summed E-state index contributed by atoms with van der Waals surface area (Å²) in [7, 11) is -3.38. The Labute approximate surface area is 191 Å². The molecule has 170 valence electrons. The number of amides is 1. The highest BCUT2D eigenvalue weighted by atomic mass is 32.2. The van der Waals surface area contributed by atoms with Crippen molar-refractivity contribution in [2.45, 2.75) is 20.5 Å². The molecule has 0 saturated carbocycles. The number of nitrogens with zero attached hydrogens (tertiary/aromatic N) is 1. The van der Waals surface area contributed by atoms with Crippen molar-refractivity contribution in [3.8, 4) is 5.75 Å². The van der Waals surface area contributed by atoms with Gasteiger partial charge in [0.15, 0.2) is 0 Å². The van der Waals surface area contributed by atoms with E-state index >= 15 is 0 Å². The number of nitrogens with one attached hydrogen (secondary N) is 2. The first-order valence-electron chi connectivity index (χ1n) is 10.2. The maximum absolute atomic E-state index is 13.2. The number of aromatic nitrogens is 1. The number of hydrogen-bond donors (Lipinski definition) is 2. The minimum atomic E-state index is -3.38. The summed E-state index contributed by atoms with van der Waals surface area (Å²) < 4.78 is 36.4. The van der Waals surface area contributed by atoms with E-state index in [0.717, 1.165) is 28.3 Å². The van der Waals surface area contributed by atoms with E-state index in [0.29, 0.717) is 28.4 Å². The first-order valence-corrected chi connectivity index (χ1v) is 12.1. The summed E-state index contributed by atoms with van der Waals surface area (Å²) in [6.07, 6.45) is 1.08. The van der Waals surface area contributed by atoms with Gasteiger partial charge in [-0.3, -0.25) is 9.52 Å². The van der Waals surface area contributed by atoms with Gasteiger partial charge in [-0.1, -0.05) is 29.4 Å². The average molecular weight is 466 g/mol. The predicted molar refractivity (Wildman–Crippen MR) is 127 cm³/mol. The fraction of sp³-hybridized carbons (Fsp3) is 0.167. The van der Waals surface area contributed by atoms with E-state index in [2.05, 4.69) is 15.2 Å². The SMILES string of the molecule is Cc1noc(C)c1COc1cc2ccccc2cc1C(=O)Nc1ccc(NS(C)(=O)=O)cc1. The molecule has 1 amide bonds. The van der Waals surface area contributed by atoms with Crippen molar-refractivity contribution in [1.29, 1.82) is 0 Å². The molecule has 0 aliphatic carbocycles. The molecule has 0 fully saturated rings. The van der Waals surface area contributed by atoms with E-state index in [9.17, 15) is 13.2 Å². The Morgan fingerprint density at radius 3 is 2.24 bits per heavy atom. The highest BCUT2D eigenvalue weighted by Crippen LogP contribution is 2.29. The van der Waals surface area contributed by atoms with E-state index in [1.807, 2.05) is 44.2 Å². The highest BCUT2D eigenvalue weighted by Gasteiger charge is 2.17. The molecule has 0 aliphatic rings. The molecule has 2 N–H and O–H groups in total. The van der Waals surface area contributed by atoms with Gasteiger partial charge in [-0.15, -0.1) is 0 Å². The minimum Gasteiger partial charge on any atom is -0.488 e. The van der Waals surface area contributed by atoms with Crippen molar-refractivity contribution >= 4 is 38.1 Å².